The zero-order valence-electron chi connectivity index (χ0n) is 6.33. The Labute approximate surface area is 190 Å². The van der Waals surface area contributed by atoms with Gasteiger partial charge < -0.3 is 24.6 Å². The minimum atomic E-state index is 0. The second kappa shape index (κ2) is 134. The molecule has 0 aliphatic rings. The van der Waals surface area contributed by atoms with Crippen LogP contribution in [-0.2, 0) is 152 Å². The molecule has 0 saturated carbocycles. The fourth-order valence-corrected chi connectivity index (χ4v) is 0. The van der Waals surface area contributed by atoms with E-state index < -0.39 is 0 Å². The predicted octanol–water partition coefficient (Wildman–Crippen LogP) is -0.553. The van der Waals surface area contributed by atoms with Crippen molar-refractivity contribution in [3.63, 3.8) is 0 Å². The predicted molar refractivity (Wildman–Crippen MR) is 30.0 cm³/mol. The average molecular weight is 433 g/mol. The van der Waals surface area contributed by atoms with Gasteiger partial charge in [0.25, 0.3) is 0 Å². The molecule has 0 spiro atoms. The molecule has 0 aliphatic carbocycles. The second-order valence-corrected chi connectivity index (χ2v) is 0. The summed E-state index contributed by atoms with van der Waals surface area (Å²) in [5.41, 5.74) is 0. The van der Waals surface area contributed by atoms with Gasteiger partial charge in [-0.05, 0) is 0 Å². The Balaban J connectivity index is 0. The van der Waals surface area contributed by atoms with E-state index in [2.05, 4.69) is 0 Å². The van der Waals surface area contributed by atoms with E-state index in [-0.39, 0.29) is 194 Å². The molecule has 12 heteroatoms. The van der Waals surface area contributed by atoms with Gasteiger partial charge in [0.2, 0.25) is 0 Å². The summed E-state index contributed by atoms with van der Waals surface area (Å²) in [7, 11) is 0. The molecule has 0 fully saturated rings. The van der Waals surface area contributed by atoms with E-state index in [0.29, 0.717) is 0 Å². The van der Waals surface area contributed by atoms with Crippen molar-refractivity contribution in [3.8, 4) is 0 Å². The topological polar surface area (TPSA) is 140 Å². The molecule has 0 bridgehead atoms. The molecule has 66 valence electrons. The Hall–Kier alpha value is 5.37. The molecule has 12 N–H and O–H groups in total. The van der Waals surface area contributed by atoms with E-state index in [1.54, 1.807) is 0 Å². The molecule has 0 aromatic heterocycles. The zero-order chi connectivity index (χ0) is 0. The van der Waals surface area contributed by atoms with Crippen LogP contribution in [0.5, 0.6) is 0 Å². The SMILES string of the molecule is N.N.N.N.[AlH3].[Ti].[Ti].[Ti].[Ti].[Ti].[Ti].[Ti]. The molecular formula is H15AlN4Ti7. The molecule has 0 saturated heterocycles. The van der Waals surface area contributed by atoms with Crippen molar-refractivity contribution in [2.24, 2.45) is 0 Å². The van der Waals surface area contributed by atoms with E-state index >= 15 is 0 Å². The van der Waals surface area contributed by atoms with Crippen LogP contribution in [0.2, 0.25) is 0 Å². The molecule has 0 aromatic rings. The number of rotatable bonds is 0. The molecule has 0 amide bonds. The monoisotopic (exact) mass is 434 g/mol. The maximum atomic E-state index is 0. The molecule has 0 unspecified atom stereocenters. The van der Waals surface area contributed by atoms with Gasteiger partial charge in [-0.1, -0.05) is 0 Å². The van der Waals surface area contributed by atoms with Crippen LogP contribution in [0.15, 0.2) is 0 Å². The van der Waals surface area contributed by atoms with Crippen molar-refractivity contribution < 1.29 is 152 Å². The van der Waals surface area contributed by atoms with Crippen molar-refractivity contribution in [2.45, 2.75) is 0 Å². The third-order valence-corrected chi connectivity index (χ3v) is 0. The minimum absolute atomic E-state index is 0. The van der Waals surface area contributed by atoms with Gasteiger partial charge >= 0.3 is 0 Å². The summed E-state index contributed by atoms with van der Waals surface area (Å²) in [6, 6.07) is 0. The van der Waals surface area contributed by atoms with Crippen molar-refractivity contribution >= 4 is 17.4 Å². The normalized spacial score (nSPS) is 0. The molecule has 4 nitrogen and oxygen atoms in total. The largest absolute Gasteiger partial charge is 0.344 e. The Kier molecular flexibility index (Phi) is 1800. The van der Waals surface area contributed by atoms with E-state index in [4.69, 9.17) is 0 Å². The first-order chi connectivity index (χ1) is 0. The van der Waals surface area contributed by atoms with E-state index in [1.165, 1.54) is 0 Å². The molecule has 0 radical (unpaired) electrons. The molecule has 0 aromatic carbocycles. The molecule has 0 aliphatic heterocycles. The Morgan fingerprint density at radius 1 is 0.250 bits per heavy atom. The van der Waals surface area contributed by atoms with Gasteiger partial charge in [-0.25, -0.2) is 0 Å². The van der Waals surface area contributed by atoms with Crippen LogP contribution in [0.25, 0.3) is 0 Å². The molecule has 0 atom stereocenters. The van der Waals surface area contributed by atoms with Crippen LogP contribution >= 0.6 is 0 Å². The maximum Gasteiger partial charge on any atom is 0.187 e. The zero-order valence-corrected chi connectivity index (χ0v) is 17.3. The first-order valence-corrected chi connectivity index (χ1v) is 0. The van der Waals surface area contributed by atoms with Gasteiger partial charge in [0.05, 0.1) is 0 Å². The summed E-state index contributed by atoms with van der Waals surface area (Å²) in [4.78, 5) is 0. The smallest absolute Gasteiger partial charge is 0.187 e. The summed E-state index contributed by atoms with van der Waals surface area (Å²) in [5.74, 6) is 0. The third kappa shape index (κ3) is 110. The Morgan fingerprint density at radius 3 is 0.250 bits per heavy atom. The molecular weight excluding hydrogens is 418 g/mol. The van der Waals surface area contributed by atoms with Gasteiger partial charge in [0, 0.05) is 152 Å². The van der Waals surface area contributed by atoms with Crippen LogP contribution in [-0.4, -0.2) is 17.4 Å². The van der Waals surface area contributed by atoms with Crippen LogP contribution in [0.3, 0.4) is 0 Å². The minimum Gasteiger partial charge on any atom is -0.344 e. The van der Waals surface area contributed by atoms with Crippen LogP contribution < -0.4 is 24.6 Å². The maximum absolute atomic E-state index is 0. The third-order valence-electron chi connectivity index (χ3n) is 0. The van der Waals surface area contributed by atoms with Crippen molar-refractivity contribution in [1.29, 1.82) is 0 Å². The Morgan fingerprint density at radius 2 is 0.250 bits per heavy atom. The van der Waals surface area contributed by atoms with E-state index in [0.717, 1.165) is 0 Å². The number of hydrogen-bond acceptors (Lipinski definition) is 4. The first kappa shape index (κ1) is 161. The van der Waals surface area contributed by atoms with E-state index in [9.17, 15) is 0 Å². The molecule has 12 heavy (non-hydrogen) atoms. The second-order valence-electron chi connectivity index (χ2n) is 0. The van der Waals surface area contributed by atoms with Gasteiger partial charge in [0.15, 0.2) is 17.4 Å². The fraction of sp³-hybridized carbons (Fsp3) is 0. The van der Waals surface area contributed by atoms with Crippen LogP contribution in [0, 0.1) is 0 Å². The fourth-order valence-electron chi connectivity index (χ4n) is 0. The quantitative estimate of drug-likeness (QED) is 0.381. The summed E-state index contributed by atoms with van der Waals surface area (Å²) in [5, 5.41) is 0. The van der Waals surface area contributed by atoms with Crippen LogP contribution in [0.1, 0.15) is 0 Å². The summed E-state index contributed by atoms with van der Waals surface area (Å²) >= 11 is 0. The van der Waals surface area contributed by atoms with Crippen molar-refractivity contribution in [3.05, 3.63) is 0 Å². The van der Waals surface area contributed by atoms with Crippen molar-refractivity contribution in [2.75, 3.05) is 0 Å². The van der Waals surface area contributed by atoms with Gasteiger partial charge in [-0.3, -0.25) is 0 Å². The van der Waals surface area contributed by atoms with Crippen LogP contribution in [0.4, 0.5) is 0 Å². The van der Waals surface area contributed by atoms with Gasteiger partial charge in [-0.2, -0.15) is 0 Å². The van der Waals surface area contributed by atoms with Gasteiger partial charge in [-0.15, -0.1) is 0 Å². The van der Waals surface area contributed by atoms with Crippen molar-refractivity contribution in [1.82, 2.24) is 24.6 Å². The van der Waals surface area contributed by atoms with E-state index in [1.807, 2.05) is 0 Å². The first-order valence-electron chi connectivity index (χ1n) is 0. The summed E-state index contributed by atoms with van der Waals surface area (Å²) < 4.78 is 0. The summed E-state index contributed by atoms with van der Waals surface area (Å²) in [6.07, 6.45) is 0. The standard InChI is InChI=1S/Al.4H3N.7Ti.3H/h;4*1H3;;;;;;;;;;. The summed E-state index contributed by atoms with van der Waals surface area (Å²) in [6.45, 7) is 0. The molecule has 0 heterocycles. The Bertz CT molecular complexity index is 15.4. The average Bonchev–Trinajstić information content (AvgIpc) is 0. The number of hydrogen-bond donors (Lipinski definition) is 4. The molecule has 0 rings (SSSR count). The van der Waals surface area contributed by atoms with Gasteiger partial charge in [0.1, 0.15) is 0 Å².